The van der Waals surface area contributed by atoms with Crippen molar-refractivity contribution in [3.05, 3.63) is 48.6 Å². The van der Waals surface area contributed by atoms with Gasteiger partial charge in [0.05, 0.1) is 30.5 Å². The van der Waals surface area contributed by atoms with Crippen LogP contribution in [0.15, 0.2) is 48.6 Å². The predicted molar refractivity (Wildman–Crippen MR) is 195 cm³/mol. The lowest BCUT2D eigenvalue weighted by molar-refractivity contribution is -0.138. The first-order valence-corrected chi connectivity index (χ1v) is 18.9. The highest BCUT2D eigenvalue weighted by Crippen LogP contribution is 2.36. The number of rotatable bonds is 24. The number of hydrogen-bond donors (Lipinski definition) is 7. The van der Waals surface area contributed by atoms with Gasteiger partial charge in [-0.15, -0.1) is 0 Å². The Morgan fingerprint density at radius 3 is 1.68 bits per heavy atom. The van der Waals surface area contributed by atoms with Crippen LogP contribution in [0.4, 0.5) is 0 Å². The lowest BCUT2D eigenvalue weighted by Gasteiger charge is -2.19. The third-order valence-corrected chi connectivity index (χ3v) is 9.62. The zero-order valence-corrected chi connectivity index (χ0v) is 30.4. The average molecular weight is 707 g/mol. The predicted octanol–water partition coefficient (Wildman–Crippen LogP) is 6.29. The fourth-order valence-corrected chi connectivity index (χ4v) is 6.62. The van der Waals surface area contributed by atoms with Gasteiger partial charge in [0.25, 0.3) is 0 Å². The van der Waals surface area contributed by atoms with Gasteiger partial charge >= 0.3 is 11.9 Å². The van der Waals surface area contributed by atoms with Crippen molar-refractivity contribution in [1.82, 2.24) is 0 Å². The van der Waals surface area contributed by atoms with Gasteiger partial charge in [0.2, 0.25) is 0 Å². The van der Waals surface area contributed by atoms with Gasteiger partial charge in [0, 0.05) is 43.4 Å². The van der Waals surface area contributed by atoms with E-state index in [4.69, 9.17) is 10.2 Å². The Balaban J connectivity index is 0.000000500. The Morgan fingerprint density at radius 1 is 0.680 bits per heavy atom. The molecule has 2 rings (SSSR count). The highest BCUT2D eigenvalue weighted by molar-refractivity contribution is 5.84. The number of hydrogen-bond acceptors (Lipinski definition) is 8. The molecule has 0 amide bonds. The molecule has 10 heteroatoms. The van der Waals surface area contributed by atoms with Crippen molar-refractivity contribution in [1.29, 1.82) is 0 Å². The number of ketones is 1. The summed E-state index contributed by atoms with van der Waals surface area (Å²) in [5.41, 5.74) is 0. The second-order valence-electron chi connectivity index (χ2n) is 13.9. The van der Waals surface area contributed by atoms with Crippen LogP contribution in [0.2, 0.25) is 0 Å². The summed E-state index contributed by atoms with van der Waals surface area (Å²) in [6.07, 6.45) is 24.4. The van der Waals surface area contributed by atoms with Gasteiger partial charge in [-0.3, -0.25) is 14.4 Å². The van der Waals surface area contributed by atoms with Crippen LogP contribution in [0, 0.1) is 23.7 Å². The van der Waals surface area contributed by atoms with Crippen molar-refractivity contribution in [2.45, 2.75) is 160 Å². The third kappa shape index (κ3) is 19.7. The summed E-state index contributed by atoms with van der Waals surface area (Å²) in [6.45, 7) is 4.24. The number of carboxylic acid groups (broad SMARTS) is 2. The highest BCUT2D eigenvalue weighted by Gasteiger charge is 2.40. The average Bonchev–Trinajstić information content (AvgIpc) is 3.49. The van der Waals surface area contributed by atoms with Crippen molar-refractivity contribution in [3.63, 3.8) is 0 Å². The number of unbranched alkanes of at least 4 members (excludes halogenated alkanes) is 6. The van der Waals surface area contributed by atoms with Crippen LogP contribution in [0.3, 0.4) is 0 Å². The number of carbonyl (C=O) groups excluding carboxylic acids is 1. The molecule has 10 nitrogen and oxygen atoms in total. The van der Waals surface area contributed by atoms with Gasteiger partial charge in [-0.05, 0) is 57.3 Å². The minimum atomic E-state index is -0.801. The standard InChI is InChI=1S/C20H34O5.C20H32O5/c2*1-2-3-6-9-15(21)12-13-17-16(18(22)14-19(17)23)10-7-4-5-8-11-20(24)25/h4,7,12-13,15-19,21-23H,2-3,5-6,8-11,14H2,1H3,(H,24,25);4,7,12-13,15-17,19,21,23H,2-3,5-6,8-11,14H2,1H3,(H,24,25)/b2*7-4-,13-12+/t15?,16-,17-,18?,19?;15?,16-,17-,19?/m11/s1. The summed E-state index contributed by atoms with van der Waals surface area (Å²) < 4.78 is 0. The lowest BCUT2D eigenvalue weighted by atomic mass is 9.89. The number of aliphatic carboxylic acids is 2. The van der Waals surface area contributed by atoms with E-state index in [9.17, 15) is 39.9 Å². The van der Waals surface area contributed by atoms with E-state index in [1.807, 2.05) is 30.4 Å². The SMILES string of the molecule is CCCCCC(O)/C=C/[C@H]1C(O)CC(=O)[C@@H]1C/C=C\CCCC(=O)O.CCCCCC(O)/C=C/[C@H]1C(O)CC(O)[C@@H]1C/C=C\CCCC(=O)O. The van der Waals surface area contributed by atoms with E-state index in [1.54, 1.807) is 18.2 Å². The number of carbonyl (C=O) groups is 3. The van der Waals surface area contributed by atoms with Crippen LogP contribution < -0.4 is 0 Å². The Bertz CT molecular complexity index is 1070. The van der Waals surface area contributed by atoms with Gasteiger partial charge in [0.1, 0.15) is 5.78 Å². The molecule has 0 saturated heterocycles. The van der Waals surface area contributed by atoms with Crippen LogP contribution in [0.1, 0.15) is 129 Å². The molecule has 286 valence electrons. The zero-order chi connectivity index (χ0) is 37.3. The maximum Gasteiger partial charge on any atom is 0.303 e. The molecule has 2 aliphatic carbocycles. The minimum Gasteiger partial charge on any atom is -0.481 e. The molecule has 7 N–H and O–H groups in total. The minimum absolute atomic E-state index is 0.0535. The summed E-state index contributed by atoms with van der Waals surface area (Å²) in [7, 11) is 0. The van der Waals surface area contributed by atoms with E-state index in [0.717, 1.165) is 44.9 Å². The number of aliphatic hydroxyl groups excluding tert-OH is 5. The lowest BCUT2D eigenvalue weighted by Crippen LogP contribution is -2.20. The van der Waals surface area contributed by atoms with E-state index in [-0.39, 0.29) is 48.7 Å². The molecule has 0 aromatic rings. The molecule has 2 fully saturated rings. The second kappa shape index (κ2) is 27.1. The zero-order valence-electron chi connectivity index (χ0n) is 30.4. The number of Topliss-reactive ketones (excluding diaryl/α,β-unsaturated/α-hetero) is 1. The first kappa shape index (κ1) is 45.4. The molecule has 0 aromatic carbocycles. The summed E-state index contributed by atoms with van der Waals surface area (Å²) in [6, 6.07) is 0. The Labute approximate surface area is 299 Å². The first-order valence-electron chi connectivity index (χ1n) is 18.9. The van der Waals surface area contributed by atoms with Crippen LogP contribution in [0.25, 0.3) is 0 Å². The van der Waals surface area contributed by atoms with Crippen LogP contribution >= 0.6 is 0 Å². The normalized spacial score (nSPS) is 26.7. The largest absolute Gasteiger partial charge is 0.481 e. The van der Waals surface area contributed by atoms with Crippen LogP contribution in [-0.2, 0) is 14.4 Å². The first-order chi connectivity index (χ1) is 23.9. The molecule has 2 saturated carbocycles. The highest BCUT2D eigenvalue weighted by atomic mass is 16.4. The Hall–Kier alpha value is -2.63. The molecule has 0 radical (unpaired) electrons. The van der Waals surface area contributed by atoms with E-state index in [1.165, 1.54) is 0 Å². The molecular weight excluding hydrogens is 640 g/mol. The summed E-state index contributed by atoms with van der Waals surface area (Å²) in [4.78, 5) is 33.0. The number of allylic oxidation sites excluding steroid dienone is 4. The molecule has 0 heterocycles. The van der Waals surface area contributed by atoms with Gasteiger partial charge in [-0.25, -0.2) is 0 Å². The fourth-order valence-electron chi connectivity index (χ4n) is 6.62. The maximum absolute atomic E-state index is 12.1. The molecule has 0 bridgehead atoms. The maximum atomic E-state index is 12.1. The van der Waals surface area contributed by atoms with Crippen molar-refractivity contribution in [2.75, 3.05) is 0 Å². The molecule has 5 unspecified atom stereocenters. The summed E-state index contributed by atoms with van der Waals surface area (Å²) >= 11 is 0. The van der Waals surface area contributed by atoms with E-state index in [0.29, 0.717) is 51.4 Å². The van der Waals surface area contributed by atoms with Gasteiger partial charge in [0.15, 0.2) is 0 Å². The summed E-state index contributed by atoms with van der Waals surface area (Å²) in [5.74, 6) is -2.26. The molecule has 0 aromatic heterocycles. The van der Waals surface area contributed by atoms with E-state index < -0.39 is 42.5 Å². The molecular formula is C40H66O10. The molecule has 2 aliphatic rings. The van der Waals surface area contributed by atoms with Crippen molar-refractivity contribution < 1.29 is 50.1 Å². The monoisotopic (exact) mass is 706 g/mol. The van der Waals surface area contributed by atoms with Crippen molar-refractivity contribution in [3.8, 4) is 0 Å². The van der Waals surface area contributed by atoms with Gasteiger partial charge in [-0.1, -0.05) is 101 Å². The number of carboxylic acids is 2. The smallest absolute Gasteiger partial charge is 0.303 e. The molecule has 0 aliphatic heterocycles. The topological polar surface area (TPSA) is 193 Å². The van der Waals surface area contributed by atoms with Crippen LogP contribution in [0.5, 0.6) is 0 Å². The second-order valence-corrected chi connectivity index (χ2v) is 13.9. The molecule has 9 atom stereocenters. The van der Waals surface area contributed by atoms with E-state index >= 15 is 0 Å². The van der Waals surface area contributed by atoms with E-state index in [2.05, 4.69) is 13.8 Å². The molecule has 0 spiro atoms. The number of aliphatic hydroxyl groups is 5. The van der Waals surface area contributed by atoms with Crippen molar-refractivity contribution in [2.24, 2.45) is 23.7 Å². The van der Waals surface area contributed by atoms with Crippen LogP contribution in [-0.4, -0.2) is 84.0 Å². The molecule has 50 heavy (non-hydrogen) atoms. The third-order valence-electron chi connectivity index (χ3n) is 9.62. The summed E-state index contributed by atoms with van der Waals surface area (Å²) in [5, 5.41) is 67.6. The van der Waals surface area contributed by atoms with Gasteiger partial charge < -0.3 is 35.7 Å². The Kier molecular flexibility index (Phi) is 24.6. The quantitative estimate of drug-likeness (QED) is 0.0443. The fraction of sp³-hybridized carbons (Fsp3) is 0.725. The van der Waals surface area contributed by atoms with Gasteiger partial charge in [-0.2, -0.15) is 0 Å². The van der Waals surface area contributed by atoms with Crippen molar-refractivity contribution >= 4 is 17.7 Å². The Morgan fingerprint density at radius 2 is 1.18 bits per heavy atom.